The number of rotatable bonds is 4. The Morgan fingerprint density at radius 1 is 0.952 bits per heavy atom. The number of alkyl carbamates (subject to hydrolysis) is 1. The van der Waals surface area contributed by atoms with E-state index in [2.05, 4.69) is 5.32 Å². The van der Waals surface area contributed by atoms with Crippen LogP contribution < -0.4 is 5.32 Å². The average molecular weight is 303 g/mol. The highest BCUT2D eigenvalue weighted by atomic mass is 16.6. The number of hydrogen-bond acceptors (Lipinski definition) is 6. The molecule has 1 atom stereocenters. The maximum Gasteiger partial charge on any atom is 0.408 e. The van der Waals surface area contributed by atoms with Gasteiger partial charge in [-0.3, -0.25) is 4.79 Å². The average Bonchev–Trinajstić information content (AvgIpc) is 2.18. The second-order valence-corrected chi connectivity index (χ2v) is 6.53. The lowest BCUT2D eigenvalue weighted by atomic mass is 10.2. The zero-order valence-electron chi connectivity index (χ0n) is 13.7. The number of amides is 1. The Kier molecular flexibility index (Phi) is 6.66. The number of hydrogen-bond donors (Lipinski definition) is 1. The standard InChI is InChI=1S/C14H25NO6/c1-9(16)19-8-10(11(17)20-13(2,3)4)15-12(18)21-14(5,6)7/h10H,8H2,1-7H3,(H,15,18). The van der Waals surface area contributed by atoms with Crippen LogP contribution in [0, 0.1) is 0 Å². The summed E-state index contributed by atoms with van der Waals surface area (Å²) in [5.41, 5.74) is -1.43. The van der Waals surface area contributed by atoms with E-state index >= 15 is 0 Å². The molecule has 0 saturated heterocycles. The van der Waals surface area contributed by atoms with Gasteiger partial charge in [-0.25, -0.2) is 9.59 Å². The molecule has 1 amide bonds. The Balaban J connectivity index is 4.77. The molecule has 1 unspecified atom stereocenters. The monoisotopic (exact) mass is 303 g/mol. The first-order valence-electron chi connectivity index (χ1n) is 6.66. The summed E-state index contributed by atoms with van der Waals surface area (Å²) in [6.45, 7) is 11.1. The fourth-order valence-corrected chi connectivity index (χ4v) is 1.19. The number of esters is 2. The van der Waals surface area contributed by atoms with Gasteiger partial charge in [0.2, 0.25) is 0 Å². The molecular weight excluding hydrogens is 278 g/mol. The van der Waals surface area contributed by atoms with Crippen molar-refractivity contribution < 1.29 is 28.6 Å². The molecule has 0 fully saturated rings. The van der Waals surface area contributed by atoms with Crippen molar-refractivity contribution in [2.45, 2.75) is 65.7 Å². The van der Waals surface area contributed by atoms with E-state index < -0.39 is 35.3 Å². The molecule has 0 aromatic carbocycles. The van der Waals surface area contributed by atoms with Crippen LogP contribution in [0.4, 0.5) is 4.79 Å². The third kappa shape index (κ3) is 10.6. The van der Waals surface area contributed by atoms with Gasteiger partial charge in [0, 0.05) is 6.92 Å². The van der Waals surface area contributed by atoms with Crippen molar-refractivity contribution in [3.63, 3.8) is 0 Å². The van der Waals surface area contributed by atoms with E-state index in [1.165, 1.54) is 6.92 Å². The summed E-state index contributed by atoms with van der Waals surface area (Å²) in [7, 11) is 0. The molecule has 0 saturated carbocycles. The number of carbonyl (C=O) groups is 3. The summed E-state index contributed by atoms with van der Waals surface area (Å²) in [6, 6.07) is -1.12. The summed E-state index contributed by atoms with van der Waals surface area (Å²) in [6.07, 6.45) is -0.787. The van der Waals surface area contributed by atoms with Gasteiger partial charge in [-0.15, -0.1) is 0 Å². The van der Waals surface area contributed by atoms with Crippen molar-refractivity contribution in [2.24, 2.45) is 0 Å². The van der Waals surface area contributed by atoms with Gasteiger partial charge in [0.15, 0.2) is 6.04 Å². The van der Waals surface area contributed by atoms with Crippen LogP contribution in [0.2, 0.25) is 0 Å². The van der Waals surface area contributed by atoms with Gasteiger partial charge < -0.3 is 19.5 Å². The van der Waals surface area contributed by atoms with Crippen LogP contribution in [-0.2, 0) is 23.8 Å². The molecule has 0 heterocycles. The molecule has 0 aromatic rings. The largest absolute Gasteiger partial charge is 0.463 e. The summed E-state index contributed by atoms with van der Waals surface area (Å²) in [5.74, 6) is -1.26. The van der Waals surface area contributed by atoms with Crippen molar-refractivity contribution in [3.05, 3.63) is 0 Å². The molecule has 0 aliphatic rings. The minimum atomic E-state index is -1.12. The van der Waals surface area contributed by atoms with Crippen LogP contribution >= 0.6 is 0 Å². The Hall–Kier alpha value is -1.79. The Labute approximate surface area is 125 Å². The topological polar surface area (TPSA) is 90.9 Å². The Morgan fingerprint density at radius 3 is 1.81 bits per heavy atom. The summed E-state index contributed by atoms with van der Waals surface area (Å²) < 4.78 is 15.0. The van der Waals surface area contributed by atoms with E-state index in [0.717, 1.165) is 0 Å². The molecular formula is C14H25NO6. The minimum Gasteiger partial charge on any atom is -0.463 e. The summed E-state index contributed by atoms with van der Waals surface area (Å²) in [4.78, 5) is 34.5. The molecule has 0 radical (unpaired) electrons. The van der Waals surface area contributed by atoms with E-state index in [9.17, 15) is 14.4 Å². The van der Waals surface area contributed by atoms with Crippen LogP contribution in [-0.4, -0.2) is 41.9 Å². The second-order valence-electron chi connectivity index (χ2n) is 6.53. The quantitative estimate of drug-likeness (QED) is 0.629. The molecule has 21 heavy (non-hydrogen) atoms. The van der Waals surface area contributed by atoms with Gasteiger partial charge in [0.1, 0.15) is 17.8 Å². The van der Waals surface area contributed by atoms with Gasteiger partial charge >= 0.3 is 18.0 Å². The third-order valence-corrected chi connectivity index (χ3v) is 1.84. The molecule has 1 N–H and O–H groups in total. The van der Waals surface area contributed by atoms with E-state index in [0.29, 0.717) is 0 Å². The van der Waals surface area contributed by atoms with Gasteiger partial charge in [-0.2, -0.15) is 0 Å². The lowest BCUT2D eigenvalue weighted by Gasteiger charge is -2.25. The van der Waals surface area contributed by atoms with Crippen molar-refractivity contribution in [1.29, 1.82) is 0 Å². The molecule has 0 rings (SSSR count). The highest BCUT2D eigenvalue weighted by Gasteiger charge is 2.29. The van der Waals surface area contributed by atoms with Crippen LogP contribution in [0.25, 0.3) is 0 Å². The van der Waals surface area contributed by atoms with Crippen molar-refractivity contribution in [3.8, 4) is 0 Å². The van der Waals surface area contributed by atoms with Gasteiger partial charge in [0.25, 0.3) is 0 Å². The molecule has 0 bridgehead atoms. The Morgan fingerprint density at radius 2 is 1.43 bits per heavy atom. The lowest BCUT2D eigenvalue weighted by molar-refractivity contribution is -0.160. The van der Waals surface area contributed by atoms with Crippen LogP contribution in [0.5, 0.6) is 0 Å². The molecule has 0 aliphatic heterocycles. The molecule has 122 valence electrons. The van der Waals surface area contributed by atoms with Crippen LogP contribution in [0.15, 0.2) is 0 Å². The number of carbonyl (C=O) groups excluding carboxylic acids is 3. The maximum atomic E-state index is 12.0. The van der Waals surface area contributed by atoms with Gasteiger partial charge in [-0.1, -0.05) is 0 Å². The van der Waals surface area contributed by atoms with Crippen LogP contribution in [0.3, 0.4) is 0 Å². The zero-order chi connectivity index (χ0) is 16.8. The fourth-order valence-electron chi connectivity index (χ4n) is 1.19. The smallest absolute Gasteiger partial charge is 0.408 e. The number of nitrogens with one attached hydrogen (secondary N) is 1. The van der Waals surface area contributed by atoms with Gasteiger partial charge in [0.05, 0.1) is 0 Å². The van der Waals surface area contributed by atoms with E-state index in [-0.39, 0.29) is 6.61 Å². The van der Waals surface area contributed by atoms with Gasteiger partial charge in [-0.05, 0) is 41.5 Å². The van der Waals surface area contributed by atoms with Crippen molar-refractivity contribution in [1.82, 2.24) is 5.32 Å². The third-order valence-electron chi connectivity index (χ3n) is 1.84. The maximum absolute atomic E-state index is 12.0. The Bertz CT molecular complexity index is 391. The summed E-state index contributed by atoms with van der Waals surface area (Å²) in [5, 5.41) is 2.34. The fraction of sp³-hybridized carbons (Fsp3) is 0.786. The minimum absolute atomic E-state index is 0.316. The highest BCUT2D eigenvalue weighted by molar-refractivity contribution is 5.82. The first-order chi connectivity index (χ1) is 9.30. The molecule has 0 aliphatic carbocycles. The SMILES string of the molecule is CC(=O)OCC(NC(=O)OC(C)(C)C)C(=O)OC(C)(C)C. The van der Waals surface area contributed by atoms with Crippen molar-refractivity contribution >= 4 is 18.0 Å². The van der Waals surface area contributed by atoms with Crippen molar-refractivity contribution in [2.75, 3.05) is 6.61 Å². The highest BCUT2D eigenvalue weighted by Crippen LogP contribution is 2.10. The van der Waals surface area contributed by atoms with E-state index in [1.807, 2.05) is 0 Å². The van der Waals surface area contributed by atoms with E-state index in [1.54, 1.807) is 41.5 Å². The van der Waals surface area contributed by atoms with E-state index in [4.69, 9.17) is 14.2 Å². The van der Waals surface area contributed by atoms with Crippen LogP contribution in [0.1, 0.15) is 48.5 Å². The molecule has 0 spiro atoms. The predicted octanol–water partition coefficient (Wildman–Crippen LogP) is 1.78. The molecule has 0 aromatic heterocycles. The first kappa shape index (κ1) is 19.2. The zero-order valence-corrected chi connectivity index (χ0v) is 13.7. The number of ether oxygens (including phenoxy) is 3. The first-order valence-corrected chi connectivity index (χ1v) is 6.66. The normalized spacial score (nSPS) is 13.1. The predicted molar refractivity (Wildman–Crippen MR) is 75.6 cm³/mol. The molecule has 7 heteroatoms. The molecule has 7 nitrogen and oxygen atoms in total. The summed E-state index contributed by atoms with van der Waals surface area (Å²) >= 11 is 0. The lowest BCUT2D eigenvalue weighted by Crippen LogP contribution is -2.48. The second kappa shape index (κ2) is 7.28.